The molecule has 13 heteroatoms. The van der Waals surface area contributed by atoms with Gasteiger partial charge in [-0.15, -0.1) is 13.2 Å². The first-order chi connectivity index (χ1) is 13.7. The van der Waals surface area contributed by atoms with Crippen LogP contribution in [0.1, 0.15) is 12.8 Å². The molecule has 4 rings (SSSR count). The highest BCUT2D eigenvalue weighted by atomic mass is 19.4. The first-order valence-electron chi connectivity index (χ1n) is 8.95. The predicted octanol–water partition coefficient (Wildman–Crippen LogP) is 0.0505. The largest absolute Gasteiger partial charge is 0.522 e. The topological polar surface area (TPSA) is 128 Å². The van der Waals surface area contributed by atoms with Crippen molar-refractivity contribution in [2.75, 3.05) is 18.9 Å². The summed E-state index contributed by atoms with van der Waals surface area (Å²) >= 11 is 0. The molecule has 2 aliphatic rings. The summed E-state index contributed by atoms with van der Waals surface area (Å²) in [5.74, 6) is -0.349. The van der Waals surface area contributed by atoms with Crippen LogP contribution in [0, 0.1) is 5.92 Å². The van der Waals surface area contributed by atoms with Gasteiger partial charge in [0.05, 0.1) is 12.9 Å². The molecule has 3 atom stereocenters. The molecule has 2 aromatic rings. The van der Waals surface area contributed by atoms with Crippen molar-refractivity contribution in [3.05, 3.63) is 12.7 Å². The van der Waals surface area contributed by atoms with Crippen molar-refractivity contribution in [2.45, 2.75) is 37.8 Å². The number of nitrogens with zero attached hydrogens (tertiary/aromatic N) is 5. The monoisotopic (exact) mass is 413 g/mol. The number of aromatic nitrogens is 4. The molecule has 1 unspecified atom stereocenters. The van der Waals surface area contributed by atoms with Crippen molar-refractivity contribution < 1.29 is 27.5 Å². The summed E-state index contributed by atoms with van der Waals surface area (Å²) in [6.07, 6.45) is -0.749. The van der Waals surface area contributed by atoms with Crippen LogP contribution in [-0.4, -0.2) is 67.8 Å². The van der Waals surface area contributed by atoms with E-state index in [1.54, 1.807) is 0 Å². The Labute approximate surface area is 162 Å². The fourth-order valence-corrected chi connectivity index (χ4v) is 3.75. The van der Waals surface area contributed by atoms with Crippen molar-refractivity contribution in [3.63, 3.8) is 0 Å². The minimum atomic E-state index is -4.75. The minimum Gasteiger partial charge on any atom is -0.382 e. The summed E-state index contributed by atoms with van der Waals surface area (Å²) in [6, 6.07) is -0.745. The van der Waals surface area contributed by atoms with Crippen molar-refractivity contribution >= 4 is 28.8 Å². The molecule has 29 heavy (non-hydrogen) atoms. The predicted molar refractivity (Wildman–Crippen MR) is 91.9 cm³/mol. The van der Waals surface area contributed by atoms with Gasteiger partial charge in [0.15, 0.2) is 11.5 Å². The first-order valence-corrected chi connectivity index (χ1v) is 8.95. The van der Waals surface area contributed by atoms with E-state index in [0.717, 1.165) is 6.42 Å². The molecule has 10 nitrogen and oxygen atoms in total. The van der Waals surface area contributed by atoms with E-state index in [9.17, 15) is 22.8 Å². The molecule has 1 aliphatic carbocycles. The molecule has 156 valence electrons. The highest BCUT2D eigenvalue weighted by Crippen LogP contribution is 2.48. The van der Waals surface area contributed by atoms with Gasteiger partial charge in [0.2, 0.25) is 11.8 Å². The van der Waals surface area contributed by atoms with E-state index in [0.29, 0.717) is 17.6 Å². The average molecular weight is 413 g/mol. The lowest BCUT2D eigenvalue weighted by Crippen LogP contribution is -2.49. The number of rotatable bonds is 6. The maximum Gasteiger partial charge on any atom is 0.522 e. The second kappa shape index (κ2) is 7.13. The first kappa shape index (κ1) is 19.4. The standard InChI is InChI=1S/C16H18F3N7O3/c17-16(18,19)29-2-1-21-15(28)10-4-8-3-9(8)26(10)11(27)5-25-7-24-12-13(20)22-6-23-14(12)25/h6-10H,1-5H2,(H,21,28)(H2,20,22,23)/t8-,9?,10+/m1/s1. The van der Waals surface area contributed by atoms with Crippen molar-refractivity contribution in [3.8, 4) is 0 Å². The van der Waals surface area contributed by atoms with E-state index in [1.165, 1.54) is 22.1 Å². The van der Waals surface area contributed by atoms with Crippen LogP contribution in [0.5, 0.6) is 0 Å². The number of amides is 2. The van der Waals surface area contributed by atoms with E-state index < -0.39 is 24.9 Å². The molecule has 1 saturated heterocycles. The van der Waals surface area contributed by atoms with Gasteiger partial charge in [0.1, 0.15) is 24.4 Å². The molecule has 2 aromatic heterocycles. The highest BCUT2D eigenvalue weighted by Gasteiger charge is 2.55. The number of halogens is 3. The molecule has 2 amide bonds. The van der Waals surface area contributed by atoms with Crippen molar-refractivity contribution in [1.82, 2.24) is 29.7 Å². The van der Waals surface area contributed by atoms with Gasteiger partial charge in [-0.25, -0.2) is 15.0 Å². The SMILES string of the molecule is Nc1ncnc2c1ncn2CC(=O)N1C2C[C@@H]2C[C@H]1C(=O)NCCOC(F)(F)F. The number of ether oxygens (including phenoxy) is 1. The number of nitrogens with one attached hydrogen (secondary N) is 1. The van der Waals surface area contributed by atoms with Crippen LogP contribution in [0.4, 0.5) is 19.0 Å². The number of nitrogen functional groups attached to an aromatic ring is 1. The summed E-state index contributed by atoms with van der Waals surface area (Å²) in [5, 5.41) is 2.40. The lowest BCUT2D eigenvalue weighted by Gasteiger charge is -2.27. The van der Waals surface area contributed by atoms with E-state index in [4.69, 9.17) is 5.73 Å². The van der Waals surface area contributed by atoms with Crippen LogP contribution < -0.4 is 11.1 Å². The zero-order valence-corrected chi connectivity index (χ0v) is 15.1. The van der Waals surface area contributed by atoms with Gasteiger partial charge in [-0.2, -0.15) is 0 Å². The Kier molecular flexibility index (Phi) is 4.76. The summed E-state index contributed by atoms with van der Waals surface area (Å²) < 4.78 is 41.2. The van der Waals surface area contributed by atoms with Gasteiger partial charge in [0, 0.05) is 12.6 Å². The maximum atomic E-state index is 12.9. The van der Waals surface area contributed by atoms with Gasteiger partial charge in [-0.1, -0.05) is 0 Å². The third-order valence-electron chi connectivity index (χ3n) is 5.10. The molecule has 0 spiro atoms. The number of carbonyl (C=O) groups excluding carboxylic acids is 2. The summed E-state index contributed by atoms with van der Waals surface area (Å²) in [4.78, 5) is 38.9. The number of anilines is 1. The molecular weight excluding hydrogens is 395 g/mol. The fourth-order valence-electron chi connectivity index (χ4n) is 3.75. The molecule has 1 saturated carbocycles. The number of carbonyl (C=O) groups is 2. The zero-order valence-electron chi connectivity index (χ0n) is 15.1. The summed E-state index contributed by atoms with van der Waals surface area (Å²) in [5.41, 5.74) is 6.53. The summed E-state index contributed by atoms with van der Waals surface area (Å²) in [6.45, 7) is -1.07. The normalized spacial score (nSPS) is 23.3. The van der Waals surface area contributed by atoms with Crippen molar-refractivity contribution in [2.24, 2.45) is 5.92 Å². The number of imidazole rings is 1. The molecule has 3 N–H and O–H groups in total. The Morgan fingerprint density at radius 2 is 2.07 bits per heavy atom. The van der Waals surface area contributed by atoms with Crippen LogP contribution in [-0.2, 0) is 20.9 Å². The van der Waals surface area contributed by atoms with E-state index in [1.807, 2.05) is 0 Å². The molecule has 0 bridgehead atoms. The molecule has 0 aromatic carbocycles. The number of alkyl halides is 3. The lowest BCUT2D eigenvalue weighted by molar-refractivity contribution is -0.323. The smallest absolute Gasteiger partial charge is 0.382 e. The van der Waals surface area contributed by atoms with Gasteiger partial charge >= 0.3 is 6.36 Å². The van der Waals surface area contributed by atoms with Crippen LogP contribution in [0.3, 0.4) is 0 Å². The third kappa shape index (κ3) is 3.95. The second-order valence-corrected chi connectivity index (χ2v) is 7.00. The molecular formula is C16H18F3N7O3. The minimum absolute atomic E-state index is 0.0286. The Morgan fingerprint density at radius 3 is 2.83 bits per heavy atom. The Morgan fingerprint density at radius 1 is 1.28 bits per heavy atom. The third-order valence-corrected chi connectivity index (χ3v) is 5.10. The number of nitrogens with two attached hydrogens (primary N) is 1. The van der Waals surface area contributed by atoms with E-state index in [2.05, 4.69) is 25.0 Å². The highest BCUT2D eigenvalue weighted by molar-refractivity contribution is 5.90. The zero-order chi connectivity index (χ0) is 20.8. The van der Waals surface area contributed by atoms with Gasteiger partial charge in [0.25, 0.3) is 0 Å². The Hall–Kier alpha value is -2.96. The van der Waals surface area contributed by atoms with Crippen LogP contribution in [0.15, 0.2) is 12.7 Å². The number of likely N-dealkylation sites (tertiary alicyclic amines) is 1. The maximum absolute atomic E-state index is 12.9. The number of hydrogen-bond acceptors (Lipinski definition) is 7. The Balaban J connectivity index is 1.40. The molecule has 2 fully saturated rings. The number of hydrogen-bond donors (Lipinski definition) is 2. The average Bonchev–Trinajstić information content (AvgIpc) is 3.11. The van der Waals surface area contributed by atoms with Crippen LogP contribution in [0.25, 0.3) is 11.2 Å². The van der Waals surface area contributed by atoms with E-state index in [-0.39, 0.29) is 36.8 Å². The fraction of sp³-hybridized carbons (Fsp3) is 0.562. The number of piperidine rings is 1. The Bertz CT molecular complexity index is 947. The molecule has 3 heterocycles. The quantitative estimate of drug-likeness (QED) is 0.641. The number of fused-ring (bicyclic) bond motifs is 2. The van der Waals surface area contributed by atoms with Crippen molar-refractivity contribution in [1.29, 1.82) is 0 Å². The van der Waals surface area contributed by atoms with E-state index >= 15 is 0 Å². The van der Waals surface area contributed by atoms with Crippen LogP contribution in [0.2, 0.25) is 0 Å². The van der Waals surface area contributed by atoms with Crippen LogP contribution >= 0.6 is 0 Å². The lowest BCUT2D eigenvalue weighted by atomic mass is 10.1. The van der Waals surface area contributed by atoms with Gasteiger partial charge in [-0.05, 0) is 18.8 Å². The molecule has 0 radical (unpaired) electrons. The summed E-state index contributed by atoms with van der Waals surface area (Å²) in [7, 11) is 0. The van der Waals surface area contributed by atoms with Gasteiger partial charge in [-0.3, -0.25) is 14.3 Å². The molecule has 1 aliphatic heterocycles. The second-order valence-electron chi connectivity index (χ2n) is 7.00. The van der Waals surface area contributed by atoms with Gasteiger partial charge < -0.3 is 20.5 Å².